The molecule has 2 heteroatoms. The molecule has 3 rings (SSSR count). The number of fused-ring (bicyclic) bond motifs is 1. The van der Waals surface area contributed by atoms with Gasteiger partial charge in [-0.05, 0) is 41.0 Å². The zero-order valence-electron chi connectivity index (χ0n) is 14.1. The third kappa shape index (κ3) is 4.33. The van der Waals surface area contributed by atoms with E-state index >= 15 is 0 Å². The maximum Gasteiger partial charge on any atom is 0.119 e. The molecule has 2 nitrogen and oxygen atoms in total. The van der Waals surface area contributed by atoms with Gasteiger partial charge in [0, 0.05) is 6.04 Å². The Morgan fingerprint density at radius 3 is 2.22 bits per heavy atom. The lowest BCUT2D eigenvalue weighted by Crippen LogP contribution is -2.04. The minimum Gasteiger partial charge on any atom is -0.489 e. The van der Waals surface area contributed by atoms with E-state index in [0.717, 1.165) is 11.3 Å². The molecule has 0 saturated heterocycles. The highest BCUT2D eigenvalue weighted by atomic mass is 16.5. The fourth-order valence-corrected chi connectivity index (χ4v) is 2.45. The van der Waals surface area contributed by atoms with Crippen molar-refractivity contribution >= 4 is 10.8 Å². The van der Waals surface area contributed by atoms with Gasteiger partial charge in [0.2, 0.25) is 0 Å². The van der Waals surface area contributed by atoms with E-state index < -0.39 is 0 Å². The van der Waals surface area contributed by atoms with Gasteiger partial charge in [0.1, 0.15) is 12.4 Å². The lowest BCUT2D eigenvalue weighted by atomic mass is 10.1. The Bertz CT molecular complexity index is 727. The highest BCUT2D eigenvalue weighted by Crippen LogP contribution is 2.21. The molecule has 0 heterocycles. The Morgan fingerprint density at radius 1 is 0.870 bits per heavy atom. The van der Waals surface area contributed by atoms with Crippen molar-refractivity contribution in [3.63, 3.8) is 0 Å². The van der Waals surface area contributed by atoms with Gasteiger partial charge in [0.05, 0.1) is 0 Å². The molecule has 0 amide bonds. The molecule has 0 bridgehead atoms. The van der Waals surface area contributed by atoms with Crippen molar-refractivity contribution < 1.29 is 4.74 Å². The molecule has 0 aliphatic carbocycles. The molecular weight excluding hydrogens is 282 g/mol. The van der Waals surface area contributed by atoms with Gasteiger partial charge in [-0.2, -0.15) is 0 Å². The van der Waals surface area contributed by atoms with Crippen LogP contribution in [0.2, 0.25) is 0 Å². The van der Waals surface area contributed by atoms with E-state index in [-0.39, 0.29) is 6.04 Å². The van der Waals surface area contributed by atoms with Crippen LogP contribution >= 0.6 is 0 Å². The fraction of sp³-hybridized carbons (Fsp3) is 0.238. The van der Waals surface area contributed by atoms with E-state index in [4.69, 9.17) is 10.5 Å². The monoisotopic (exact) mass is 307 g/mol. The molecule has 2 N–H and O–H groups in total. The number of rotatable bonds is 4. The standard InChI is InChI=1S/C19H19NO.C2H6/c1-14(20)15-9-11-18(12-10-15)21-13-17-7-4-6-16-5-2-3-8-19(16)17;1-2/h2-12,14H,13,20H2,1H3;1-2H3. The summed E-state index contributed by atoms with van der Waals surface area (Å²) < 4.78 is 5.89. The van der Waals surface area contributed by atoms with E-state index in [1.165, 1.54) is 16.3 Å². The molecule has 0 aromatic heterocycles. The second-order valence-electron chi connectivity index (χ2n) is 5.28. The highest BCUT2D eigenvalue weighted by Gasteiger charge is 2.03. The van der Waals surface area contributed by atoms with Crippen LogP contribution in [0.4, 0.5) is 0 Å². The van der Waals surface area contributed by atoms with E-state index in [1.807, 2.05) is 45.0 Å². The van der Waals surface area contributed by atoms with Crippen molar-refractivity contribution in [2.45, 2.75) is 33.4 Å². The number of benzene rings is 3. The number of hydrogen-bond acceptors (Lipinski definition) is 2. The van der Waals surface area contributed by atoms with Gasteiger partial charge < -0.3 is 10.5 Å². The zero-order chi connectivity index (χ0) is 16.7. The third-order valence-electron chi connectivity index (χ3n) is 3.68. The van der Waals surface area contributed by atoms with Crippen LogP contribution in [0, 0.1) is 0 Å². The Kier molecular flexibility index (Phi) is 6.19. The molecule has 0 aliphatic rings. The summed E-state index contributed by atoms with van der Waals surface area (Å²) in [5.41, 5.74) is 8.17. The molecular formula is C21H25NO. The van der Waals surface area contributed by atoms with Crippen LogP contribution in [-0.4, -0.2) is 0 Å². The Morgan fingerprint density at radius 2 is 1.52 bits per heavy atom. The molecule has 23 heavy (non-hydrogen) atoms. The average molecular weight is 307 g/mol. The van der Waals surface area contributed by atoms with Crippen LogP contribution < -0.4 is 10.5 Å². The molecule has 0 radical (unpaired) electrons. The fourth-order valence-electron chi connectivity index (χ4n) is 2.45. The first-order valence-corrected chi connectivity index (χ1v) is 8.19. The molecule has 3 aromatic carbocycles. The van der Waals surface area contributed by atoms with Gasteiger partial charge in [-0.25, -0.2) is 0 Å². The smallest absolute Gasteiger partial charge is 0.119 e. The predicted octanol–water partition coefficient (Wildman–Crippen LogP) is 5.46. The second-order valence-corrected chi connectivity index (χ2v) is 5.28. The Labute approximate surface area is 138 Å². The summed E-state index contributed by atoms with van der Waals surface area (Å²) in [6.07, 6.45) is 0. The normalized spacial score (nSPS) is 11.5. The first-order valence-electron chi connectivity index (χ1n) is 8.19. The van der Waals surface area contributed by atoms with Crippen molar-refractivity contribution in [1.82, 2.24) is 0 Å². The summed E-state index contributed by atoms with van der Waals surface area (Å²) in [7, 11) is 0. The van der Waals surface area contributed by atoms with Gasteiger partial charge in [-0.1, -0.05) is 68.4 Å². The van der Waals surface area contributed by atoms with Crippen molar-refractivity contribution in [2.24, 2.45) is 5.73 Å². The number of ether oxygens (including phenoxy) is 1. The van der Waals surface area contributed by atoms with Gasteiger partial charge in [-0.3, -0.25) is 0 Å². The van der Waals surface area contributed by atoms with Crippen LogP contribution in [-0.2, 0) is 6.61 Å². The maximum atomic E-state index is 5.89. The van der Waals surface area contributed by atoms with E-state index in [0.29, 0.717) is 6.61 Å². The van der Waals surface area contributed by atoms with Crippen LogP contribution in [0.5, 0.6) is 5.75 Å². The lowest BCUT2D eigenvalue weighted by Gasteiger charge is -2.10. The molecule has 1 atom stereocenters. The summed E-state index contributed by atoms with van der Waals surface area (Å²) >= 11 is 0. The zero-order valence-corrected chi connectivity index (χ0v) is 14.1. The van der Waals surface area contributed by atoms with Crippen LogP contribution in [0.25, 0.3) is 10.8 Å². The first-order chi connectivity index (χ1) is 11.2. The van der Waals surface area contributed by atoms with Crippen molar-refractivity contribution in [3.8, 4) is 5.75 Å². The van der Waals surface area contributed by atoms with Crippen LogP contribution in [0.3, 0.4) is 0 Å². The molecule has 1 unspecified atom stereocenters. The van der Waals surface area contributed by atoms with Crippen molar-refractivity contribution in [2.75, 3.05) is 0 Å². The maximum absolute atomic E-state index is 5.89. The summed E-state index contributed by atoms with van der Waals surface area (Å²) in [5.74, 6) is 0.868. The minimum absolute atomic E-state index is 0.0529. The first kappa shape index (κ1) is 17.0. The minimum atomic E-state index is 0.0529. The number of hydrogen-bond donors (Lipinski definition) is 1. The summed E-state index contributed by atoms with van der Waals surface area (Å²) in [6.45, 7) is 6.55. The van der Waals surface area contributed by atoms with Crippen LogP contribution in [0.1, 0.15) is 37.9 Å². The quantitative estimate of drug-likeness (QED) is 0.694. The van der Waals surface area contributed by atoms with E-state index in [2.05, 4.69) is 42.5 Å². The summed E-state index contributed by atoms with van der Waals surface area (Å²) in [6, 6.07) is 22.7. The molecule has 0 spiro atoms. The highest BCUT2D eigenvalue weighted by molar-refractivity contribution is 5.85. The second kappa shape index (κ2) is 8.35. The number of nitrogens with two attached hydrogens (primary N) is 1. The molecule has 0 saturated carbocycles. The third-order valence-corrected chi connectivity index (χ3v) is 3.68. The molecule has 3 aromatic rings. The van der Waals surface area contributed by atoms with Crippen molar-refractivity contribution in [3.05, 3.63) is 77.9 Å². The Hall–Kier alpha value is -2.32. The van der Waals surface area contributed by atoms with Gasteiger partial charge in [0.25, 0.3) is 0 Å². The lowest BCUT2D eigenvalue weighted by molar-refractivity contribution is 0.307. The van der Waals surface area contributed by atoms with Gasteiger partial charge >= 0.3 is 0 Å². The van der Waals surface area contributed by atoms with Crippen LogP contribution in [0.15, 0.2) is 66.7 Å². The molecule has 120 valence electrons. The molecule has 0 fully saturated rings. The topological polar surface area (TPSA) is 35.2 Å². The summed E-state index contributed by atoms with van der Waals surface area (Å²) in [4.78, 5) is 0. The SMILES string of the molecule is CC.CC(N)c1ccc(OCc2cccc3ccccc23)cc1. The average Bonchev–Trinajstić information content (AvgIpc) is 2.62. The van der Waals surface area contributed by atoms with Gasteiger partial charge in [-0.15, -0.1) is 0 Å². The van der Waals surface area contributed by atoms with Crippen molar-refractivity contribution in [1.29, 1.82) is 0 Å². The Balaban J connectivity index is 0.000000924. The predicted molar refractivity (Wildman–Crippen MR) is 98.7 cm³/mol. The van der Waals surface area contributed by atoms with E-state index in [9.17, 15) is 0 Å². The summed E-state index contributed by atoms with van der Waals surface area (Å²) in [5, 5.41) is 2.48. The molecule has 0 aliphatic heterocycles. The van der Waals surface area contributed by atoms with E-state index in [1.54, 1.807) is 0 Å². The van der Waals surface area contributed by atoms with Gasteiger partial charge in [0.15, 0.2) is 0 Å². The largest absolute Gasteiger partial charge is 0.489 e.